The fraction of sp³-hybridized carbons (Fsp3) is 0.156. The maximum absolute atomic E-state index is 15.0. The molecule has 0 aliphatic carbocycles. The van der Waals surface area contributed by atoms with Gasteiger partial charge in [0.25, 0.3) is 17.7 Å². The van der Waals surface area contributed by atoms with Crippen LogP contribution in [0.15, 0.2) is 189 Å². The number of anilines is 7. The number of nitrogens with two attached hydrogens (primary N) is 1. The number of carbonyl (C=O) groups excluding carboxylic acids is 3. The standard InChI is InChI=1S/C29H24F2N4O3S.C26H27F2N5O3S.C22H20F2N6O3S/c1-2-14-39(37,38)35-24-13-12-23(30)26(27(24)31)29(36)33-22-15-21-16-25(34-28(21)32-17-22)20-10-8-19(9-11-20)18-6-4-3-5-7-18;1-4-10-37(35,36)32-21-9-8-20(27)23(24(21)28)26(34)30-19-12-18-13-22(31-25(18)29-14-19)17-7-5-6-16(11-17)15-33(2)3;1-2-7-34(32,33)30-16-5-4-15(23)19(20(16)24)22(31)28-14-8-13-9-17(29-21(13)27-11-14)12-3-6-18(25)26-10-12/h3-13,15-17,35H,2,14H2,1H3,(H,32,34)(H,33,36);5-9,11-14,32H,4,10,15H2,1-3H3,(H,29,31)(H,30,34);3-6,8-11,30H,2,7H2,1H3,(H2,25,26)(H,27,29)(H,28,31). The van der Waals surface area contributed by atoms with E-state index in [1.807, 2.05) is 104 Å². The number of halogens is 6. The molecule has 0 aliphatic heterocycles. The normalized spacial score (nSPS) is 11.6. The summed E-state index contributed by atoms with van der Waals surface area (Å²) in [5, 5.41) is 9.30. The van der Waals surface area contributed by atoms with Crippen molar-refractivity contribution >= 4 is 121 Å². The van der Waals surface area contributed by atoms with Gasteiger partial charge in [0.05, 0.1) is 70.0 Å². The van der Waals surface area contributed by atoms with Crippen molar-refractivity contribution in [2.24, 2.45) is 0 Å². The Hall–Kier alpha value is -12.5. The molecule has 13 aromatic rings. The van der Waals surface area contributed by atoms with Gasteiger partial charge < -0.3 is 41.5 Å². The second-order valence-electron chi connectivity index (χ2n) is 25.4. The van der Waals surface area contributed by atoms with Crippen LogP contribution in [0.2, 0.25) is 0 Å². The van der Waals surface area contributed by atoms with Crippen LogP contribution in [0.4, 0.5) is 66.3 Å². The summed E-state index contributed by atoms with van der Waals surface area (Å²) in [6.07, 6.45) is 6.57. The minimum Gasteiger partial charge on any atom is -0.384 e. The summed E-state index contributed by atoms with van der Waals surface area (Å²) in [6, 6.07) is 45.2. The van der Waals surface area contributed by atoms with E-state index in [9.17, 15) is 66.0 Å². The minimum absolute atomic E-state index is 0.189. The van der Waals surface area contributed by atoms with Crippen LogP contribution in [0.5, 0.6) is 0 Å². The lowest BCUT2D eigenvalue weighted by molar-refractivity contribution is 0.101. The Morgan fingerprint density at radius 3 is 1.13 bits per heavy atom. The molecule has 0 bridgehead atoms. The highest BCUT2D eigenvalue weighted by atomic mass is 32.2. The fourth-order valence-corrected chi connectivity index (χ4v) is 14.9. The molecule has 6 aromatic carbocycles. The second-order valence-corrected chi connectivity index (χ2v) is 30.9. The van der Waals surface area contributed by atoms with E-state index < -0.39 is 116 Å². The van der Waals surface area contributed by atoms with E-state index in [0.29, 0.717) is 63.9 Å². The Bertz CT molecular complexity index is 5980. The van der Waals surface area contributed by atoms with Crippen LogP contribution >= 0.6 is 0 Å². The number of aromatic amines is 3. The first-order valence-corrected chi connectivity index (χ1v) is 38.9. The van der Waals surface area contributed by atoms with Crippen LogP contribution in [-0.2, 0) is 36.6 Å². The number of hydrogen-bond acceptors (Lipinski definition) is 15. The summed E-state index contributed by atoms with van der Waals surface area (Å²) in [5.74, 6) is -10.9. The molecule has 0 radical (unpaired) electrons. The predicted molar refractivity (Wildman–Crippen MR) is 416 cm³/mol. The van der Waals surface area contributed by atoms with Gasteiger partial charge in [-0.15, -0.1) is 0 Å². The third-order valence-electron chi connectivity index (χ3n) is 16.5. The molecule has 13 rings (SSSR count). The van der Waals surface area contributed by atoms with Crippen molar-refractivity contribution in [3.8, 4) is 44.9 Å². The Morgan fingerprint density at radius 2 is 0.755 bits per heavy atom. The Balaban J connectivity index is 0.000000164. The molecule has 0 saturated carbocycles. The van der Waals surface area contributed by atoms with Gasteiger partial charge in [0.1, 0.15) is 56.9 Å². The number of nitrogen functional groups attached to an aromatic ring is 1. The van der Waals surface area contributed by atoms with Crippen molar-refractivity contribution in [1.29, 1.82) is 0 Å². The number of nitrogens with one attached hydrogen (secondary N) is 9. The molecular weight excluding hydrogens is 1490 g/mol. The number of sulfonamides is 3. The third kappa shape index (κ3) is 19.3. The lowest BCUT2D eigenvalue weighted by Gasteiger charge is -2.12. The molecule has 0 saturated heterocycles. The van der Waals surface area contributed by atoms with Crippen LogP contribution in [0, 0.1) is 34.9 Å². The molecule has 11 N–H and O–H groups in total. The number of hydrogen-bond donors (Lipinski definition) is 10. The van der Waals surface area contributed by atoms with Crippen LogP contribution in [0.3, 0.4) is 0 Å². The smallest absolute Gasteiger partial charge is 0.261 e. The number of carbonyl (C=O) groups is 3. The number of benzene rings is 6. The highest BCUT2D eigenvalue weighted by Gasteiger charge is 2.27. The van der Waals surface area contributed by atoms with Gasteiger partial charge in [-0.25, -0.2) is 71.5 Å². The Morgan fingerprint density at radius 1 is 0.400 bits per heavy atom. The summed E-state index contributed by atoms with van der Waals surface area (Å²) >= 11 is 0. The minimum atomic E-state index is -3.84. The van der Waals surface area contributed by atoms with Gasteiger partial charge in [0, 0.05) is 51.5 Å². The molecule has 7 heterocycles. The van der Waals surface area contributed by atoms with Gasteiger partial charge in [-0.2, -0.15) is 0 Å². The largest absolute Gasteiger partial charge is 0.384 e. The van der Waals surface area contributed by atoms with Gasteiger partial charge in [0.2, 0.25) is 30.1 Å². The van der Waals surface area contributed by atoms with E-state index >= 15 is 0 Å². The predicted octanol–water partition coefficient (Wildman–Crippen LogP) is 15.4. The van der Waals surface area contributed by atoms with Crippen LogP contribution in [0.1, 0.15) is 76.7 Å². The molecule has 0 spiro atoms. The zero-order chi connectivity index (χ0) is 78.8. The zero-order valence-corrected chi connectivity index (χ0v) is 61.8. The lowest BCUT2D eigenvalue weighted by Crippen LogP contribution is -2.20. The molecule has 33 heteroatoms. The van der Waals surface area contributed by atoms with Crippen LogP contribution < -0.4 is 35.9 Å². The van der Waals surface area contributed by atoms with E-state index in [4.69, 9.17) is 5.73 Å². The lowest BCUT2D eigenvalue weighted by atomic mass is 10.0. The SMILES string of the molecule is CCCS(=O)(=O)Nc1ccc(F)c(C(=O)Nc2cnc3[nH]c(-c4ccc(-c5ccccc5)cc4)cc3c2)c1F.CCCS(=O)(=O)Nc1ccc(F)c(C(=O)Nc2cnc3[nH]c(-c4ccc(N)nc4)cc3c2)c1F.CCCS(=O)(=O)Nc1ccc(F)c(C(=O)Nc2cnc3[nH]c(-c4cccc(CN(C)C)c4)cc3c2)c1F. The fourth-order valence-electron chi connectivity index (χ4n) is 11.5. The second kappa shape index (κ2) is 33.8. The zero-order valence-electron chi connectivity index (χ0n) is 59.3. The van der Waals surface area contributed by atoms with Gasteiger partial charge in [-0.05, 0) is 152 Å². The Labute approximate surface area is 627 Å². The van der Waals surface area contributed by atoms with Crippen molar-refractivity contribution < 1.29 is 66.0 Å². The molecule has 0 atom stereocenters. The van der Waals surface area contributed by atoms with Gasteiger partial charge in [0.15, 0.2) is 17.5 Å². The molecule has 24 nitrogen and oxygen atoms in total. The molecule has 110 heavy (non-hydrogen) atoms. The molecule has 3 amide bonds. The monoisotopic (exact) mass is 1560 g/mol. The number of nitrogens with zero attached hydrogens (tertiary/aromatic N) is 5. The van der Waals surface area contributed by atoms with E-state index in [1.165, 1.54) is 18.6 Å². The van der Waals surface area contributed by atoms with Crippen LogP contribution in [0.25, 0.3) is 78.0 Å². The number of pyridine rings is 4. The number of aromatic nitrogens is 7. The Kier molecular flexibility index (Phi) is 24.1. The molecule has 7 aromatic heterocycles. The molecular formula is C77H71F6N15O9S3. The average Bonchev–Trinajstić information content (AvgIpc) is 1.43. The maximum Gasteiger partial charge on any atom is 0.261 e. The average molecular weight is 1560 g/mol. The summed E-state index contributed by atoms with van der Waals surface area (Å²) in [7, 11) is -7.53. The summed E-state index contributed by atoms with van der Waals surface area (Å²) in [6.45, 7) is 5.74. The van der Waals surface area contributed by atoms with Gasteiger partial charge in [-0.3, -0.25) is 28.5 Å². The summed E-state index contributed by atoms with van der Waals surface area (Å²) in [5.41, 5.74) is 12.0. The maximum atomic E-state index is 15.0. The third-order valence-corrected chi connectivity index (χ3v) is 20.9. The first-order valence-electron chi connectivity index (χ1n) is 33.9. The number of rotatable bonds is 24. The van der Waals surface area contributed by atoms with Crippen molar-refractivity contribution in [3.63, 3.8) is 0 Å². The summed E-state index contributed by atoms with van der Waals surface area (Å²) < 4.78 is 166. The highest BCUT2D eigenvalue weighted by Crippen LogP contribution is 2.33. The molecule has 0 fully saturated rings. The first-order chi connectivity index (χ1) is 52.5. The summed E-state index contributed by atoms with van der Waals surface area (Å²) in [4.78, 5) is 66.8. The van der Waals surface area contributed by atoms with Gasteiger partial charge in [-0.1, -0.05) is 93.6 Å². The highest BCUT2D eigenvalue weighted by molar-refractivity contribution is 7.93. The number of fused-ring (bicyclic) bond motifs is 3. The van der Waals surface area contributed by atoms with Crippen molar-refractivity contribution in [2.75, 3.05) is 67.2 Å². The number of amides is 3. The van der Waals surface area contributed by atoms with Crippen molar-refractivity contribution in [2.45, 2.75) is 46.6 Å². The van der Waals surface area contributed by atoms with Crippen molar-refractivity contribution in [3.05, 3.63) is 246 Å². The van der Waals surface area contributed by atoms with E-state index in [1.54, 1.807) is 63.4 Å². The number of H-pyrrole nitrogens is 3. The van der Waals surface area contributed by atoms with Crippen LogP contribution in [-0.4, -0.2) is 114 Å². The topological polar surface area (TPSA) is 354 Å². The van der Waals surface area contributed by atoms with Crippen molar-refractivity contribution in [1.82, 2.24) is 39.8 Å². The quantitative estimate of drug-likeness (QED) is 0.0251. The molecule has 0 unspecified atom stereocenters. The molecule has 0 aliphatic rings. The first kappa shape index (κ1) is 78.6. The van der Waals surface area contributed by atoms with E-state index in [2.05, 4.69) is 71.2 Å². The molecule has 568 valence electrons. The van der Waals surface area contributed by atoms with E-state index in [0.717, 1.165) is 87.7 Å². The van der Waals surface area contributed by atoms with Gasteiger partial charge >= 0.3 is 0 Å². The van der Waals surface area contributed by atoms with E-state index in [-0.39, 0.29) is 34.3 Å².